The fraction of sp³-hybridized carbons (Fsp3) is 0.348. The second-order valence-corrected chi connectivity index (χ2v) is 7.79. The van der Waals surface area contributed by atoms with Crippen LogP contribution in [0.15, 0.2) is 54.6 Å². The van der Waals surface area contributed by atoms with Crippen molar-refractivity contribution in [3.8, 4) is 0 Å². The number of hydrogen-bond donors (Lipinski definition) is 2. The topological polar surface area (TPSA) is 78.5 Å². The Morgan fingerprint density at radius 1 is 1.07 bits per heavy atom. The molecule has 1 fully saturated rings. The van der Waals surface area contributed by atoms with Crippen molar-refractivity contribution in [3.63, 3.8) is 0 Å². The summed E-state index contributed by atoms with van der Waals surface area (Å²) < 4.78 is 0. The van der Waals surface area contributed by atoms with Crippen LogP contribution in [0.2, 0.25) is 5.02 Å². The van der Waals surface area contributed by atoms with Gasteiger partial charge in [0.05, 0.1) is 0 Å². The van der Waals surface area contributed by atoms with Gasteiger partial charge in [-0.3, -0.25) is 14.4 Å². The van der Waals surface area contributed by atoms with Crippen LogP contribution in [0.3, 0.4) is 0 Å². The summed E-state index contributed by atoms with van der Waals surface area (Å²) in [5.41, 5.74) is 1.40. The number of nitrogens with zero attached hydrogens (tertiary/aromatic N) is 1. The lowest BCUT2D eigenvalue weighted by molar-refractivity contribution is -0.127. The number of benzene rings is 2. The van der Waals surface area contributed by atoms with Crippen LogP contribution in [-0.2, 0) is 16.0 Å². The van der Waals surface area contributed by atoms with Gasteiger partial charge in [-0.15, -0.1) is 0 Å². The Kier molecular flexibility index (Phi) is 7.85. The van der Waals surface area contributed by atoms with Crippen LogP contribution in [0.4, 0.5) is 0 Å². The molecule has 7 heteroatoms. The summed E-state index contributed by atoms with van der Waals surface area (Å²) in [6.45, 7) is 1.88. The Bertz CT molecular complexity index is 871. The van der Waals surface area contributed by atoms with E-state index in [-0.39, 0.29) is 17.7 Å². The molecule has 30 heavy (non-hydrogen) atoms. The molecule has 0 radical (unpaired) electrons. The van der Waals surface area contributed by atoms with Crippen molar-refractivity contribution < 1.29 is 14.4 Å². The third-order valence-electron chi connectivity index (χ3n) is 5.09. The highest BCUT2D eigenvalue weighted by Gasteiger charge is 2.23. The zero-order chi connectivity index (χ0) is 21.3. The van der Waals surface area contributed by atoms with E-state index in [0.717, 1.165) is 18.5 Å². The van der Waals surface area contributed by atoms with E-state index in [0.29, 0.717) is 42.9 Å². The Morgan fingerprint density at radius 2 is 1.80 bits per heavy atom. The summed E-state index contributed by atoms with van der Waals surface area (Å²) in [5, 5.41) is 6.27. The van der Waals surface area contributed by atoms with E-state index in [2.05, 4.69) is 10.6 Å². The molecule has 6 nitrogen and oxygen atoms in total. The molecule has 0 aliphatic carbocycles. The first-order valence-corrected chi connectivity index (χ1v) is 10.6. The third kappa shape index (κ3) is 6.32. The average molecular weight is 428 g/mol. The summed E-state index contributed by atoms with van der Waals surface area (Å²) in [7, 11) is 0. The minimum atomic E-state index is -0.705. The minimum Gasteiger partial charge on any atom is -0.354 e. The van der Waals surface area contributed by atoms with Crippen molar-refractivity contribution in [3.05, 3.63) is 70.7 Å². The predicted octanol–water partition coefficient (Wildman–Crippen LogP) is 2.81. The van der Waals surface area contributed by atoms with E-state index in [1.54, 1.807) is 24.3 Å². The van der Waals surface area contributed by atoms with Crippen molar-refractivity contribution in [2.24, 2.45) is 0 Å². The molecular weight excluding hydrogens is 402 g/mol. The molecule has 2 N–H and O–H groups in total. The summed E-state index contributed by atoms with van der Waals surface area (Å²) >= 11 is 5.89. The van der Waals surface area contributed by atoms with E-state index in [4.69, 9.17) is 11.6 Å². The number of amides is 3. The highest BCUT2D eigenvalue weighted by Crippen LogP contribution is 2.11. The fourth-order valence-electron chi connectivity index (χ4n) is 3.45. The highest BCUT2D eigenvalue weighted by molar-refractivity contribution is 6.30. The molecule has 158 valence electrons. The minimum absolute atomic E-state index is 0.179. The maximum atomic E-state index is 12.8. The molecule has 1 aliphatic heterocycles. The van der Waals surface area contributed by atoms with Gasteiger partial charge in [-0.05, 0) is 42.7 Å². The predicted molar refractivity (Wildman–Crippen MR) is 116 cm³/mol. The van der Waals surface area contributed by atoms with Gasteiger partial charge >= 0.3 is 0 Å². The SMILES string of the molecule is O=C(NC(Cc1ccccc1)C(=O)NCCCN1CCCC1=O)c1ccc(Cl)cc1. The number of hydrogen-bond acceptors (Lipinski definition) is 3. The third-order valence-corrected chi connectivity index (χ3v) is 5.34. The van der Waals surface area contributed by atoms with Crippen molar-refractivity contribution in [1.29, 1.82) is 0 Å². The van der Waals surface area contributed by atoms with E-state index in [1.165, 1.54) is 0 Å². The Balaban J connectivity index is 1.58. The molecule has 3 rings (SSSR count). The quantitative estimate of drug-likeness (QED) is 0.604. The second kappa shape index (κ2) is 10.8. The van der Waals surface area contributed by atoms with Gasteiger partial charge in [-0.1, -0.05) is 41.9 Å². The van der Waals surface area contributed by atoms with Gasteiger partial charge in [0, 0.05) is 43.1 Å². The molecule has 1 heterocycles. The first-order chi connectivity index (χ1) is 14.5. The number of halogens is 1. The van der Waals surface area contributed by atoms with E-state index in [9.17, 15) is 14.4 Å². The number of carbonyl (C=O) groups is 3. The van der Waals surface area contributed by atoms with E-state index >= 15 is 0 Å². The van der Waals surface area contributed by atoms with Gasteiger partial charge in [-0.2, -0.15) is 0 Å². The van der Waals surface area contributed by atoms with E-state index < -0.39 is 6.04 Å². The molecule has 1 atom stereocenters. The molecule has 0 saturated carbocycles. The molecule has 1 unspecified atom stereocenters. The van der Waals surface area contributed by atoms with Crippen molar-refractivity contribution in [2.45, 2.75) is 31.7 Å². The lowest BCUT2D eigenvalue weighted by Crippen LogP contribution is -2.48. The standard InChI is InChI=1S/C23H26ClN3O3/c24-19-11-9-18(10-12-19)22(29)26-20(16-17-6-2-1-3-7-17)23(30)25-13-5-15-27-14-4-8-21(27)28/h1-3,6-7,9-12,20H,4-5,8,13-16H2,(H,25,30)(H,26,29). The summed E-state index contributed by atoms with van der Waals surface area (Å²) in [4.78, 5) is 38.9. The maximum Gasteiger partial charge on any atom is 0.251 e. The first-order valence-electron chi connectivity index (χ1n) is 10.2. The molecule has 1 saturated heterocycles. The molecule has 0 bridgehead atoms. The zero-order valence-electron chi connectivity index (χ0n) is 16.8. The molecule has 0 aromatic heterocycles. The zero-order valence-corrected chi connectivity index (χ0v) is 17.5. The Labute approximate surface area is 181 Å². The van der Waals surface area contributed by atoms with Gasteiger partial charge in [0.15, 0.2) is 0 Å². The summed E-state index contributed by atoms with van der Waals surface area (Å²) in [5.74, 6) is -0.391. The average Bonchev–Trinajstić information content (AvgIpc) is 3.16. The number of nitrogens with one attached hydrogen (secondary N) is 2. The molecule has 1 aliphatic rings. The Hall–Kier alpha value is -2.86. The van der Waals surface area contributed by atoms with Crippen molar-refractivity contribution >= 4 is 29.3 Å². The van der Waals surface area contributed by atoms with Crippen LogP contribution in [0.5, 0.6) is 0 Å². The second-order valence-electron chi connectivity index (χ2n) is 7.35. The summed E-state index contributed by atoms with van der Waals surface area (Å²) in [6, 6.07) is 15.4. The van der Waals surface area contributed by atoms with Crippen molar-refractivity contribution in [1.82, 2.24) is 15.5 Å². The monoisotopic (exact) mass is 427 g/mol. The number of rotatable bonds is 9. The maximum absolute atomic E-state index is 12.8. The lowest BCUT2D eigenvalue weighted by atomic mass is 10.0. The number of carbonyl (C=O) groups excluding carboxylic acids is 3. The molecule has 2 aromatic carbocycles. The lowest BCUT2D eigenvalue weighted by Gasteiger charge is -2.20. The summed E-state index contributed by atoms with van der Waals surface area (Å²) in [6.07, 6.45) is 2.58. The van der Waals surface area contributed by atoms with Crippen LogP contribution in [0.25, 0.3) is 0 Å². The van der Waals surface area contributed by atoms with Gasteiger partial charge in [0.2, 0.25) is 11.8 Å². The van der Waals surface area contributed by atoms with Gasteiger partial charge in [0.25, 0.3) is 5.91 Å². The highest BCUT2D eigenvalue weighted by atomic mass is 35.5. The molecular formula is C23H26ClN3O3. The number of likely N-dealkylation sites (tertiary alicyclic amines) is 1. The van der Waals surface area contributed by atoms with E-state index in [1.807, 2.05) is 35.2 Å². The van der Waals surface area contributed by atoms with Gasteiger partial charge in [-0.25, -0.2) is 0 Å². The molecule has 0 spiro atoms. The molecule has 2 aromatic rings. The fourth-order valence-corrected chi connectivity index (χ4v) is 3.57. The van der Waals surface area contributed by atoms with Crippen LogP contribution >= 0.6 is 11.6 Å². The largest absolute Gasteiger partial charge is 0.354 e. The normalized spacial score (nSPS) is 14.4. The van der Waals surface area contributed by atoms with Crippen LogP contribution in [0, 0.1) is 0 Å². The first kappa shape index (κ1) is 21.8. The Morgan fingerprint density at radius 3 is 2.47 bits per heavy atom. The van der Waals surface area contributed by atoms with Crippen LogP contribution in [-0.4, -0.2) is 48.3 Å². The van der Waals surface area contributed by atoms with Gasteiger partial charge < -0.3 is 15.5 Å². The smallest absolute Gasteiger partial charge is 0.251 e. The van der Waals surface area contributed by atoms with Crippen LogP contribution in [0.1, 0.15) is 35.2 Å². The molecule has 3 amide bonds. The van der Waals surface area contributed by atoms with Gasteiger partial charge in [0.1, 0.15) is 6.04 Å². The van der Waals surface area contributed by atoms with Crippen molar-refractivity contribution in [2.75, 3.05) is 19.6 Å². The van der Waals surface area contributed by atoms with Crippen LogP contribution < -0.4 is 10.6 Å².